The minimum atomic E-state index is 0.157. The lowest BCUT2D eigenvalue weighted by Crippen LogP contribution is -2.42. The predicted molar refractivity (Wildman–Crippen MR) is 100 cm³/mol. The molecule has 0 radical (unpaired) electrons. The van der Waals surface area contributed by atoms with Crippen molar-refractivity contribution in [3.05, 3.63) is 48.3 Å². The number of hydrogen-bond donors (Lipinski definition) is 0. The van der Waals surface area contributed by atoms with Crippen LogP contribution in [0.2, 0.25) is 0 Å². The van der Waals surface area contributed by atoms with Crippen LogP contribution in [-0.4, -0.2) is 33.9 Å². The van der Waals surface area contributed by atoms with Crippen LogP contribution in [0, 0.1) is 5.92 Å². The summed E-state index contributed by atoms with van der Waals surface area (Å²) in [6.45, 7) is 5.86. The van der Waals surface area contributed by atoms with Gasteiger partial charge in [0, 0.05) is 42.4 Å². The third-order valence-corrected chi connectivity index (χ3v) is 5.20. The maximum atomic E-state index is 12.7. The average Bonchev–Trinajstić information content (AvgIpc) is 2.70. The molecule has 1 aliphatic heterocycles. The van der Waals surface area contributed by atoms with Crippen LogP contribution in [0.1, 0.15) is 51.1 Å². The Morgan fingerprint density at radius 3 is 2.68 bits per heavy atom. The maximum Gasteiger partial charge on any atom is 0.225 e. The number of benzene rings is 1. The lowest BCUT2D eigenvalue weighted by molar-refractivity contribution is -0.137. The predicted octanol–water partition coefficient (Wildman–Crippen LogP) is 4.29. The molecule has 1 aromatic carbocycles. The molecule has 0 saturated carbocycles. The fourth-order valence-corrected chi connectivity index (χ4v) is 3.64. The molecular weight excluding hydrogens is 310 g/mol. The van der Waals surface area contributed by atoms with Gasteiger partial charge in [0.25, 0.3) is 0 Å². The highest BCUT2D eigenvalue weighted by atomic mass is 16.2. The number of hydrogen-bond acceptors (Lipinski definition) is 3. The highest BCUT2D eigenvalue weighted by Crippen LogP contribution is 2.28. The van der Waals surface area contributed by atoms with E-state index in [1.165, 1.54) is 0 Å². The molecule has 4 heteroatoms. The lowest BCUT2D eigenvalue weighted by Gasteiger charge is -2.34. The molecule has 1 amide bonds. The maximum absolute atomic E-state index is 12.7. The summed E-state index contributed by atoms with van der Waals surface area (Å²) >= 11 is 0. The molecule has 2 aromatic rings. The molecule has 4 nitrogen and oxygen atoms in total. The largest absolute Gasteiger partial charge is 0.342 e. The summed E-state index contributed by atoms with van der Waals surface area (Å²) in [5.41, 5.74) is 2.08. The van der Waals surface area contributed by atoms with Gasteiger partial charge in [-0.05, 0) is 31.7 Å². The monoisotopic (exact) mass is 337 g/mol. The van der Waals surface area contributed by atoms with E-state index in [1.807, 2.05) is 42.6 Å². The first kappa shape index (κ1) is 17.6. The molecule has 1 fully saturated rings. The van der Waals surface area contributed by atoms with Crippen molar-refractivity contribution < 1.29 is 4.79 Å². The number of nitrogens with zero attached hydrogens (tertiary/aromatic N) is 3. The van der Waals surface area contributed by atoms with Gasteiger partial charge in [0.2, 0.25) is 5.91 Å². The fraction of sp³-hybridized carbons (Fsp3) is 0.476. The Bertz CT molecular complexity index is 697. The van der Waals surface area contributed by atoms with E-state index in [1.54, 1.807) is 0 Å². The summed E-state index contributed by atoms with van der Waals surface area (Å²) in [6, 6.07) is 12.1. The van der Waals surface area contributed by atoms with Crippen molar-refractivity contribution in [1.29, 1.82) is 0 Å². The molecule has 0 unspecified atom stereocenters. The Balaban J connectivity index is 1.77. The molecule has 132 valence electrons. The zero-order valence-corrected chi connectivity index (χ0v) is 15.2. The minimum absolute atomic E-state index is 0.157. The molecule has 2 heterocycles. The smallest absolute Gasteiger partial charge is 0.225 e. The highest BCUT2D eigenvalue weighted by Gasteiger charge is 2.28. The summed E-state index contributed by atoms with van der Waals surface area (Å²) in [6.07, 6.45) is 5.80. The van der Waals surface area contributed by atoms with E-state index >= 15 is 0 Å². The first-order chi connectivity index (χ1) is 12.2. The molecule has 0 bridgehead atoms. The van der Waals surface area contributed by atoms with Crippen molar-refractivity contribution in [2.45, 2.75) is 45.4 Å². The van der Waals surface area contributed by atoms with Gasteiger partial charge in [-0.2, -0.15) is 0 Å². The van der Waals surface area contributed by atoms with E-state index < -0.39 is 0 Å². The van der Waals surface area contributed by atoms with Gasteiger partial charge >= 0.3 is 0 Å². The quantitative estimate of drug-likeness (QED) is 0.818. The van der Waals surface area contributed by atoms with Crippen LogP contribution in [0.4, 0.5) is 0 Å². The molecule has 0 spiro atoms. The average molecular weight is 337 g/mol. The third kappa shape index (κ3) is 4.06. The second-order valence-corrected chi connectivity index (χ2v) is 6.81. The van der Waals surface area contributed by atoms with E-state index in [0.717, 1.165) is 55.9 Å². The Hall–Kier alpha value is -2.23. The first-order valence-corrected chi connectivity index (χ1v) is 9.40. The Labute approximate surface area is 150 Å². The highest BCUT2D eigenvalue weighted by molar-refractivity contribution is 5.79. The van der Waals surface area contributed by atoms with Crippen LogP contribution in [0.25, 0.3) is 11.4 Å². The summed E-state index contributed by atoms with van der Waals surface area (Å²) < 4.78 is 0. The van der Waals surface area contributed by atoms with Crippen LogP contribution in [0.3, 0.4) is 0 Å². The number of aromatic nitrogens is 2. The second-order valence-electron chi connectivity index (χ2n) is 6.81. The minimum Gasteiger partial charge on any atom is -0.342 e. The van der Waals surface area contributed by atoms with E-state index in [4.69, 9.17) is 4.98 Å². The van der Waals surface area contributed by atoms with Crippen LogP contribution >= 0.6 is 0 Å². The number of carbonyl (C=O) groups is 1. The zero-order chi connectivity index (χ0) is 17.6. The van der Waals surface area contributed by atoms with E-state index in [9.17, 15) is 4.79 Å². The normalized spacial score (nSPS) is 17.7. The van der Waals surface area contributed by atoms with Gasteiger partial charge in [0.1, 0.15) is 0 Å². The molecule has 1 aromatic heterocycles. The van der Waals surface area contributed by atoms with Crippen LogP contribution < -0.4 is 0 Å². The van der Waals surface area contributed by atoms with Crippen molar-refractivity contribution >= 4 is 5.91 Å². The van der Waals surface area contributed by atoms with Gasteiger partial charge in [0.05, 0.1) is 0 Å². The standard InChI is InChI=1S/C21H27N3O/c1-3-16(4-2)21(25)24-14-8-11-18(15-24)19-12-13-22-20(23-19)17-9-6-5-7-10-17/h5-7,9-10,12-13,16,18H,3-4,8,11,14-15H2,1-2H3/t18-/m1/s1. The van der Waals surface area contributed by atoms with E-state index in [2.05, 4.69) is 23.7 Å². The van der Waals surface area contributed by atoms with Crippen molar-refractivity contribution in [1.82, 2.24) is 14.9 Å². The molecular formula is C21H27N3O. The molecule has 1 aliphatic rings. The summed E-state index contributed by atoms with van der Waals surface area (Å²) in [7, 11) is 0. The SMILES string of the molecule is CCC(CC)C(=O)N1CCC[C@@H](c2ccnc(-c3ccccc3)n2)C1. The number of rotatable bonds is 5. The van der Waals surface area contributed by atoms with E-state index in [-0.39, 0.29) is 5.92 Å². The molecule has 25 heavy (non-hydrogen) atoms. The van der Waals surface area contributed by atoms with Gasteiger partial charge in [-0.1, -0.05) is 44.2 Å². The number of carbonyl (C=O) groups excluding carboxylic acids is 1. The summed E-state index contributed by atoms with van der Waals surface area (Å²) in [5, 5.41) is 0. The molecule has 1 saturated heterocycles. The number of likely N-dealkylation sites (tertiary alicyclic amines) is 1. The van der Waals surface area contributed by atoms with E-state index in [0.29, 0.717) is 11.8 Å². The number of piperidine rings is 1. The Morgan fingerprint density at radius 2 is 1.96 bits per heavy atom. The topological polar surface area (TPSA) is 46.1 Å². The fourth-order valence-electron chi connectivity index (χ4n) is 3.64. The second kappa shape index (κ2) is 8.24. The third-order valence-electron chi connectivity index (χ3n) is 5.20. The number of amides is 1. The van der Waals surface area contributed by atoms with Crippen molar-refractivity contribution in [2.75, 3.05) is 13.1 Å². The Kier molecular flexibility index (Phi) is 5.79. The summed E-state index contributed by atoms with van der Waals surface area (Å²) in [5.74, 6) is 1.54. The van der Waals surface area contributed by atoms with Gasteiger partial charge < -0.3 is 4.90 Å². The van der Waals surface area contributed by atoms with Gasteiger partial charge in [0.15, 0.2) is 5.82 Å². The van der Waals surface area contributed by atoms with Gasteiger partial charge in [-0.25, -0.2) is 9.97 Å². The van der Waals surface area contributed by atoms with Crippen LogP contribution in [0.15, 0.2) is 42.6 Å². The van der Waals surface area contributed by atoms with Crippen molar-refractivity contribution in [2.24, 2.45) is 5.92 Å². The van der Waals surface area contributed by atoms with Crippen molar-refractivity contribution in [3.8, 4) is 11.4 Å². The van der Waals surface area contributed by atoms with Gasteiger partial charge in [-0.3, -0.25) is 4.79 Å². The molecule has 0 aliphatic carbocycles. The summed E-state index contributed by atoms with van der Waals surface area (Å²) in [4.78, 5) is 24.0. The molecule has 3 rings (SSSR count). The first-order valence-electron chi connectivity index (χ1n) is 9.40. The molecule has 1 atom stereocenters. The van der Waals surface area contributed by atoms with Crippen LogP contribution in [0.5, 0.6) is 0 Å². The Morgan fingerprint density at radius 1 is 1.20 bits per heavy atom. The zero-order valence-electron chi connectivity index (χ0n) is 15.2. The molecule has 0 N–H and O–H groups in total. The van der Waals surface area contributed by atoms with Gasteiger partial charge in [-0.15, -0.1) is 0 Å². The van der Waals surface area contributed by atoms with Crippen LogP contribution in [-0.2, 0) is 4.79 Å². The van der Waals surface area contributed by atoms with Crippen molar-refractivity contribution in [3.63, 3.8) is 0 Å². The lowest BCUT2D eigenvalue weighted by atomic mass is 9.92.